The first-order valence-corrected chi connectivity index (χ1v) is 9.62. The highest BCUT2D eigenvalue weighted by Gasteiger charge is 2.36. The predicted octanol–water partition coefficient (Wildman–Crippen LogP) is 6.49. The van der Waals surface area contributed by atoms with E-state index in [0.717, 1.165) is 30.2 Å². The van der Waals surface area contributed by atoms with Crippen LogP contribution in [0, 0.1) is 40.7 Å². The maximum Gasteiger partial charge on any atom is 0.144 e. The van der Waals surface area contributed by atoms with E-state index in [0.29, 0.717) is 5.92 Å². The van der Waals surface area contributed by atoms with E-state index in [9.17, 15) is 8.78 Å². The highest BCUT2D eigenvalue weighted by molar-refractivity contribution is 5.36. The predicted molar refractivity (Wildman–Crippen MR) is 96.0 cm³/mol. The van der Waals surface area contributed by atoms with Gasteiger partial charge in [0.15, 0.2) is 0 Å². The molecule has 0 aromatic heterocycles. The van der Waals surface area contributed by atoms with Gasteiger partial charge in [0, 0.05) is 0 Å². The lowest BCUT2D eigenvalue weighted by Crippen LogP contribution is -2.30. The van der Waals surface area contributed by atoms with Gasteiger partial charge in [-0.2, -0.15) is 5.26 Å². The topological polar surface area (TPSA) is 23.8 Å². The molecule has 25 heavy (non-hydrogen) atoms. The van der Waals surface area contributed by atoms with Gasteiger partial charge >= 0.3 is 0 Å². The van der Waals surface area contributed by atoms with Crippen molar-refractivity contribution in [1.29, 1.82) is 5.26 Å². The first kappa shape index (κ1) is 18.1. The van der Waals surface area contributed by atoms with Crippen LogP contribution in [-0.2, 0) is 0 Å². The Hall–Kier alpha value is -1.69. The van der Waals surface area contributed by atoms with Gasteiger partial charge in [0.25, 0.3) is 0 Å². The molecule has 0 saturated heterocycles. The molecule has 134 valence electrons. The van der Waals surface area contributed by atoms with Gasteiger partial charge in [-0.25, -0.2) is 8.78 Å². The number of benzene rings is 1. The number of allylic oxidation sites excluding steroid dienone is 2. The molecule has 2 fully saturated rings. The Labute approximate surface area is 149 Å². The smallest absolute Gasteiger partial charge is 0.144 e. The monoisotopic (exact) mass is 343 g/mol. The lowest BCUT2D eigenvalue weighted by atomic mass is 9.63. The third-order valence-corrected chi connectivity index (χ3v) is 6.35. The van der Waals surface area contributed by atoms with Crippen LogP contribution in [-0.4, -0.2) is 0 Å². The van der Waals surface area contributed by atoms with Crippen LogP contribution in [0.1, 0.15) is 75.3 Å². The van der Waals surface area contributed by atoms with Crippen LogP contribution >= 0.6 is 0 Å². The minimum atomic E-state index is -0.715. The van der Waals surface area contributed by atoms with Crippen molar-refractivity contribution in [1.82, 2.24) is 0 Å². The Balaban J connectivity index is 1.62. The van der Waals surface area contributed by atoms with Crippen LogP contribution in [0.5, 0.6) is 0 Å². The Kier molecular flexibility index (Phi) is 5.89. The maximum absolute atomic E-state index is 13.9. The lowest BCUT2D eigenvalue weighted by Gasteiger charge is -2.42. The number of hydrogen-bond acceptors (Lipinski definition) is 1. The molecule has 0 radical (unpaired) electrons. The average molecular weight is 343 g/mol. The number of nitrogens with zero attached hydrogens (tertiary/aromatic N) is 1. The van der Waals surface area contributed by atoms with Crippen molar-refractivity contribution < 1.29 is 8.78 Å². The first-order chi connectivity index (χ1) is 12.1. The minimum absolute atomic E-state index is 0.234. The van der Waals surface area contributed by atoms with Crippen molar-refractivity contribution in [2.75, 3.05) is 0 Å². The summed E-state index contributed by atoms with van der Waals surface area (Å²) in [5, 5.41) is 8.82. The number of halogens is 2. The van der Waals surface area contributed by atoms with Gasteiger partial charge in [-0.15, -0.1) is 0 Å². The molecular formula is C22H27F2N. The molecule has 0 aliphatic heterocycles. The first-order valence-electron chi connectivity index (χ1n) is 9.62. The fraction of sp³-hybridized carbons (Fsp3) is 0.591. The zero-order valence-corrected chi connectivity index (χ0v) is 15.0. The Bertz CT molecular complexity index is 650. The molecule has 0 unspecified atom stereocenters. The second-order valence-electron chi connectivity index (χ2n) is 7.83. The molecule has 1 nitrogen and oxygen atoms in total. The van der Waals surface area contributed by atoms with Gasteiger partial charge in [0.1, 0.15) is 23.3 Å². The van der Waals surface area contributed by atoms with E-state index in [-0.39, 0.29) is 5.92 Å². The zero-order chi connectivity index (χ0) is 17.8. The second-order valence-corrected chi connectivity index (χ2v) is 7.83. The fourth-order valence-electron chi connectivity index (χ4n) is 4.99. The van der Waals surface area contributed by atoms with Crippen LogP contribution < -0.4 is 0 Å². The summed E-state index contributed by atoms with van der Waals surface area (Å²) in [4.78, 5) is 0. The van der Waals surface area contributed by atoms with E-state index < -0.39 is 17.2 Å². The molecule has 0 N–H and O–H groups in total. The van der Waals surface area contributed by atoms with E-state index in [4.69, 9.17) is 5.26 Å². The second kappa shape index (κ2) is 8.13. The van der Waals surface area contributed by atoms with E-state index in [1.165, 1.54) is 50.7 Å². The molecule has 1 aromatic carbocycles. The molecule has 0 amide bonds. The molecule has 0 bridgehead atoms. The average Bonchev–Trinajstić information content (AvgIpc) is 2.61. The number of nitriles is 1. The molecule has 0 heterocycles. The van der Waals surface area contributed by atoms with Crippen LogP contribution in [0.3, 0.4) is 0 Å². The van der Waals surface area contributed by atoms with E-state index >= 15 is 0 Å². The maximum atomic E-state index is 13.9. The quantitative estimate of drug-likeness (QED) is 0.573. The van der Waals surface area contributed by atoms with E-state index in [1.807, 2.05) is 0 Å². The van der Waals surface area contributed by atoms with Crippen molar-refractivity contribution in [2.45, 2.75) is 64.2 Å². The third kappa shape index (κ3) is 4.11. The van der Waals surface area contributed by atoms with Crippen LogP contribution in [0.4, 0.5) is 8.78 Å². The van der Waals surface area contributed by atoms with Crippen LogP contribution in [0.25, 0.3) is 0 Å². The van der Waals surface area contributed by atoms with E-state index in [1.54, 1.807) is 6.07 Å². The third-order valence-electron chi connectivity index (χ3n) is 6.35. The van der Waals surface area contributed by atoms with Crippen molar-refractivity contribution in [3.05, 3.63) is 47.0 Å². The molecule has 2 saturated carbocycles. The van der Waals surface area contributed by atoms with Crippen molar-refractivity contribution in [3.8, 4) is 6.07 Å². The summed E-state index contributed by atoms with van der Waals surface area (Å²) in [5.74, 6) is 1.13. The van der Waals surface area contributed by atoms with Crippen molar-refractivity contribution >= 4 is 0 Å². The summed E-state index contributed by atoms with van der Waals surface area (Å²) < 4.78 is 27.9. The summed E-state index contributed by atoms with van der Waals surface area (Å²) in [5.41, 5.74) is 0.279. The highest BCUT2D eigenvalue weighted by atomic mass is 19.1. The normalized spacial score (nSPS) is 29.4. The van der Waals surface area contributed by atoms with Gasteiger partial charge in [0.2, 0.25) is 0 Å². The van der Waals surface area contributed by atoms with Gasteiger partial charge < -0.3 is 0 Å². The summed E-state index contributed by atoms with van der Waals surface area (Å²) in [6.45, 7) is 2.08. The molecule has 2 aliphatic rings. The number of fused-ring (bicyclic) bond motifs is 1. The number of rotatable bonds is 4. The molecule has 1 aromatic rings. The van der Waals surface area contributed by atoms with Crippen molar-refractivity contribution in [2.24, 2.45) is 17.8 Å². The van der Waals surface area contributed by atoms with Gasteiger partial charge in [-0.3, -0.25) is 0 Å². The van der Waals surface area contributed by atoms with Crippen LogP contribution in [0.2, 0.25) is 0 Å². The molecule has 2 aliphatic carbocycles. The lowest BCUT2D eigenvalue weighted by molar-refractivity contribution is 0.115. The van der Waals surface area contributed by atoms with Crippen LogP contribution in [0.15, 0.2) is 24.3 Å². The summed E-state index contributed by atoms with van der Waals surface area (Å²) in [6.07, 6.45) is 14.0. The molecule has 3 rings (SSSR count). The van der Waals surface area contributed by atoms with Gasteiger partial charge in [-0.1, -0.05) is 18.6 Å². The number of hydrogen-bond donors (Lipinski definition) is 0. The Morgan fingerprint density at radius 1 is 1.08 bits per heavy atom. The molecule has 0 spiro atoms. The minimum Gasteiger partial charge on any atom is -0.205 e. The van der Waals surface area contributed by atoms with Gasteiger partial charge in [-0.05, 0) is 93.2 Å². The molecular weight excluding hydrogens is 316 g/mol. The summed E-state index contributed by atoms with van der Waals surface area (Å²) in [7, 11) is 0. The molecule has 4 atom stereocenters. The fourth-order valence-corrected chi connectivity index (χ4v) is 4.99. The molecule has 3 heteroatoms. The van der Waals surface area contributed by atoms with Crippen molar-refractivity contribution in [3.63, 3.8) is 0 Å². The zero-order valence-electron chi connectivity index (χ0n) is 15.0. The van der Waals surface area contributed by atoms with Gasteiger partial charge in [0.05, 0.1) is 0 Å². The largest absolute Gasteiger partial charge is 0.205 e. The highest BCUT2D eigenvalue weighted by Crippen LogP contribution is 2.48. The Morgan fingerprint density at radius 2 is 1.76 bits per heavy atom. The summed E-state index contributed by atoms with van der Waals surface area (Å²) >= 11 is 0. The summed E-state index contributed by atoms with van der Waals surface area (Å²) in [6, 6.07) is 4.38. The SMILES string of the molecule is CC=CCC[C@@H]1CC[C@@H]2C[C@H](c3cc(F)c(C#N)c(F)c3)CC[C@@H]2C1. The standard InChI is InChI=1S/C22H27F2N/c1-2-3-4-5-15-6-7-17-11-18(9-8-16(17)10-15)19-12-21(23)20(14-25)22(24)13-19/h2-3,12-13,15-18H,4-11H2,1H3/t15-,16-,17-,18-/m1/s1. The Morgan fingerprint density at radius 3 is 2.44 bits per heavy atom. The van der Waals surface area contributed by atoms with E-state index in [2.05, 4.69) is 19.1 Å².